The molecule has 3 aromatic rings. The van der Waals surface area contributed by atoms with E-state index >= 15 is 0 Å². The SMILES string of the molecule is c1ccc(NC2(c3nnnn3-c3ccccc3)CCCC2)cc1. The van der Waals surface area contributed by atoms with Crippen molar-refractivity contribution in [1.29, 1.82) is 0 Å². The number of anilines is 1. The first kappa shape index (κ1) is 13.9. The Morgan fingerprint density at radius 2 is 1.52 bits per heavy atom. The van der Waals surface area contributed by atoms with Crippen LogP contribution in [0.25, 0.3) is 5.69 Å². The van der Waals surface area contributed by atoms with E-state index in [4.69, 9.17) is 0 Å². The van der Waals surface area contributed by atoms with Gasteiger partial charge >= 0.3 is 0 Å². The van der Waals surface area contributed by atoms with E-state index in [1.54, 1.807) is 0 Å². The van der Waals surface area contributed by atoms with E-state index in [1.165, 1.54) is 12.8 Å². The Hall–Kier alpha value is -2.69. The molecule has 2 aromatic carbocycles. The fraction of sp³-hybridized carbons (Fsp3) is 0.278. The van der Waals surface area contributed by atoms with Crippen LogP contribution in [0.3, 0.4) is 0 Å². The number of tetrazole rings is 1. The zero-order valence-electron chi connectivity index (χ0n) is 12.9. The summed E-state index contributed by atoms with van der Waals surface area (Å²) in [6, 6.07) is 20.4. The van der Waals surface area contributed by atoms with Crippen LogP contribution in [0.2, 0.25) is 0 Å². The Labute approximate surface area is 135 Å². The van der Waals surface area contributed by atoms with Crippen LogP contribution in [0.1, 0.15) is 31.5 Å². The van der Waals surface area contributed by atoms with E-state index in [2.05, 4.69) is 33.0 Å². The summed E-state index contributed by atoms with van der Waals surface area (Å²) in [7, 11) is 0. The van der Waals surface area contributed by atoms with Gasteiger partial charge in [0.1, 0.15) is 0 Å². The van der Waals surface area contributed by atoms with Gasteiger partial charge in [-0.05, 0) is 47.5 Å². The quantitative estimate of drug-likeness (QED) is 0.801. The summed E-state index contributed by atoms with van der Waals surface area (Å²) in [5.74, 6) is 0.894. The fourth-order valence-electron chi connectivity index (χ4n) is 3.41. The standard InChI is InChI=1S/C18H19N5/c1-3-9-15(10-4-1)19-18(13-7-8-14-18)17-20-21-22-23(17)16-11-5-2-6-12-16/h1-6,9-12,19H,7-8,13-14H2. The van der Waals surface area contributed by atoms with Crippen LogP contribution in [-0.4, -0.2) is 20.2 Å². The van der Waals surface area contributed by atoms with Crippen LogP contribution in [-0.2, 0) is 5.54 Å². The summed E-state index contributed by atoms with van der Waals surface area (Å²) < 4.78 is 1.86. The summed E-state index contributed by atoms with van der Waals surface area (Å²) >= 11 is 0. The Bertz CT molecular complexity index is 760. The molecule has 0 unspecified atom stereocenters. The van der Waals surface area contributed by atoms with Gasteiger partial charge in [-0.2, -0.15) is 4.68 Å². The van der Waals surface area contributed by atoms with Crippen molar-refractivity contribution in [3.63, 3.8) is 0 Å². The van der Waals surface area contributed by atoms with Crippen molar-refractivity contribution in [2.75, 3.05) is 5.32 Å². The number of aromatic nitrogens is 4. The van der Waals surface area contributed by atoms with Crippen molar-refractivity contribution in [1.82, 2.24) is 20.2 Å². The first-order chi connectivity index (χ1) is 11.4. The smallest absolute Gasteiger partial charge is 0.181 e. The highest BCUT2D eigenvalue weighted by molar-refractivity contribution is 5.47. The molecule has 1 fully saturated rings. The van der Waals surface area contributed by atoms with Gasteiger partial charge in [0, 0.05) is 5.69 Å². The highest BCUT2D eigenvalue weighted by atomic mass is 15.6. The number of rotatable bonds is 4. The molecule has 0 saturated heterocycles. The monoisotopic (exact) mass is 305 g/mol. The van der Waals surface area contributed by atoms with Crippen LogP contribution in [0.15, 0.2) is 60.7 Å². The normalized spacial score (nSPS) is 16.3. The average molecular weight is 305 g/mol. The van der Waals surface area contributed by atoms with Crippen LogP contribution in [0.4, 0.5) is 5.69 Å². The van der Waals surface area contributed by atoms with Crippen LogP contribution in [0.5, 0.6) is 0 Å². The van der Waals surface area contributed by atoms with Gasteiger partial charge in [0.15, 0.2) is 5.82 Å². The number of hydrogen-bond donors (Lipinski definition) is 1. The van der Waals surface area contributed by atoms with Crippen molar-refractivity contribution >= 4 is 5.69 Å². The minimum absolute atomic E-state index is 0.208. The van der Waals surface area contributed by atoms with Crippen molar-refractivity contribution in [3.8, 4) is 5.69 Å². The number of nitrogens with one attached hydrogen (secondary N) is 1. The molecule has 0 spiro atoms. The molecular weight excluding hydrogens is 286 g/mol. The van der Waals surface area contributed by atoms with E-state index in [0.717, 1.165) is 30.0 Å². The van der Waals surface area contributed by atoms with Crippen molar-refractivity contribution in [2.24, 2.45) is 0 Å². The molecule has 1 aromatic heterocycles. The molecule has 1 aliphatic carbocycles. The van der Waals surface area contributed by atoms with Crippen molar-refractivity contribution < 1.29 is 0 Å². The second kappa shape index (κ2) is 5.83. The number of para-hydroxylation sites is 2. The van der Waals surface area contributed by atoms with Gasteiger partial charge < -0.3 is 5.32 Å². The molecular formula is C18H19N5. The third-order valence-electron chi connectivity index (χ3n) is 4.51. The first-order valence-corrected chi connectivity index (χ1v) is 8.05. The predicted octanol–water partition coefficient (Wildman–Crippen LogP) is 3.54. The molecule has 0 bridgehead atoms. The number of hydrogen-bond acceptors (Lipinski definition) is 4. The van der Waals surface area contributed by atoms with E-state index in [9.17, 15) is 0 Å². The summed E-state index contributed by atoms with van der Waals surface area (Å²) in [5, 5.41) is 16.3. The summed E-state index contributed by atoms with van der Waals surface area (Å²) in [6.07, 6.45) is 4.44. The minimum Gasteiger partial charge on any atom is -0.373 e. The van der Waals surface area contributed by atoms with E-state index in [0.29, 0.717) is 0 Å². The molecule has 4 rings (SSSR count). The average Bonchev–Trinajstić information content (AvgIpc) is 3.26. The Morgan fingerprint density at radius 3 is 2.22 bits per heavy atom. The van der Waals surface area contributed by atoms with E-state index in [-0.39, 0.29) is 5.54 Å². The molecule has 0 atom stereocenters. The summed E-state index contributed by atoms with van der Waals surface area (Å²) in [6.45, 7) is 0. The van der Waals surface area contributed by atoms with Crippen molar-refractivity contribution in [3.05, 3.63) is 66.5 Å². The highest BCUT2D eigenvalue weighted by Crippen LogP contribution is 2.40. The molecule has 0 amide bonds. The molecule has 0 radical (unpaired) electrons. The van der Waals surface area contributed by atoms with Crippen LogP contribution < -0.4 is 5.32 Å². The molecule has 0 aliphatic heterocycles. The lowest BCUT2D eigenvalue weighted by Gasteiger charge is -2.30. The Morgan fingerprint density at radius 1 is 0.870 bits per heavy atom. The molecule has 5 nitrogen and oxygen atoms in total. The maximum Gasteiger partial charge on any atom is 0.181 e. The second-order valence-corrected chi connectivity index (χ2v) is 6.03. The lowest BCUT2D eigenvalue weighted by atomic mass is 9.95. The van der Waals surface area contributed by atoms with Gasteiger partial charge in [0.05, 0.1) is 11.2 Å². The minimum atomic E-state index is -0.208. The third-order valence-corrected chi connectivity index (χ3v) is 4.51. The summed E-state index contributed by atoms with van der Waals surface area (Å²) in [5.41, 5.74) is 1.89. The number of benzene rings is 2. The van der Waals surface area contributed by atoms with Gasteiger partial charge in [-0.25, -0.2) is 0 Å². The maximum absolute atomic E-state index is 4.38. The molecule has 5 heteroatoms. The highest BCUT2D eigenvalue weighted by Gasteiger charge is 2.40. The van der Waals surface area contributed by atoms with E-state index < -0.39 is 0 Å². The predicted molar refractivity (Wildman–Crippen MR) is 89.4 cm³/mol. The Balaban J connectivity index is 1.76. The Kier molecular flexibility index (Phi) is 3.54. The fourth-order valence-corrected chi connectivity index (χ4v) is 3.41. The lowest BCUT2D eigenvalue weighted by Crippen LogP contribution is -2.35. The van der Waals surface area contributed by atoms with Crippen molar-refractivity contribution in [2.45, 2.75) is 31.2 Å². The van der Waals surface area contributed by atoms with Gasteiger partial charge in [0.25, 0.3) is 0 Å². The largest absolute Gasteiger partial charge is 0.373 e. The first-order valence-electron chi connectivity index (χ1n) is 8.05. The van der Waals surface area contributed by atoms with E-state index in [1.807, 2.05) is 53.2 Å². The molecule has 116 valence electrons. The van der Waals surface area contributed by atoms with Gasteiger partial charge in [-0.15, -0.1) is 5.10 Å². The summed E-state index contributed by atoms with van der Waals surface area (Å²) in [4.78, 5) is 0. The lowest BCUT2D eigenvalue weighted by molar-refractivity contribution is 0.461. The topological polar surface area (TPSA) is 55.6 Å². The molecule has 1 N–H and O–H groups in total. The molecule has 1 aliphatic rings. The second-order valence-electron chi connectivity index (χ2n) is 6.03. The maximum atomic E-state index is 4.38. The van der Waals surface area contributed by atoms with Gasteiger partial charge in [0.2, 0.25) is 0 Å². The van der Waals surface area contributed by atoms with Crippen LogP contribution >= 0.6 is 0 Å². The molecule has 1 heterocycles. The van der Waals surface area contributed by atoms with Gasteiger partial charge in [-0.1, -0.05) is 49.2 Å². The van der Waals surface area contributed by atoms with Gasteiger partial charge in [-0.3, -0.25) is 0 Å². The molecule has 23 heavy (non-hydrogen) atoms. The molecule has 1 saturated carbocycles. The zero-order chi connectivity index (χ0) is 15.5. The van der Waals surface area contributed by atoms with Crippen LogP contribution in [0, 0.1) is 0 Å². The zero-order valence-corrected chi connectivity index (χ0v) is 12.9. The third kappa shape index (κ3) is 2.59. The number of nitrogens with zero attached hydrogens (tertiary/aromatic N) is 4.